The lowest BCUT2D eigenvalue weighted by molar-refractivity contribution is -0.384. The summed E-state index contributed by atoms with van der Waals surface area (Å²) in [6, 6.07) is 3.32. The number of nitrogens with zero attached hydrogens (tertiary/aromatic N) is 4. The molecule has 2 amide bonds. The zero-order valence-corrected chi connectivity index (χ0v) is 12.9. The van der Waals surface area contributed by atoms with Crippen LogP contribution in [0.1, 0.15) is 23.9 Å². The normalized spacial score (nSPS) is 16.2. The molecule has 1 aliphatic rings. The van der Waals surface area contributed by atoms with Crippen molar-refractivity contribution in [2.75, 3.05) is 10.6 Å². The number of nitrogens with one attached hydrogen (secondary N) is 2. The number of fused-ring (bicyclic) bond motifs is 1. The summed E-state index contributed by atoms with van der Waals surface area (Å²) in [5, 5.41) is 20.2. The van der Waals surface area contributed by atoms with Crippen molar-refractivity contribution in [3.8, 4) is 0 Å². The molecular formula is C14H14N6O4. The van der Waals surface area contributed by atoms with E-state index in [0.717, 1.165) is 0 Å². The van der Waals surface area contributed by atoms with Crippen LogP contribution in [0.5, 0.6) is 0 Å². The lowest BCUT2D eigenvalue weighted by Crippen LogP contribution is -2.36. The van der Waals surface area contributed by atoms with Crippen LogP contribution in [-0.2, 0) is 9.59 Å². The molecule has 2 aromatic rings. The number of hydrogen-bond donors (Lipinski definition) is 2. The van der Waals surface area contributed by atoms with Crippen LogP contribution in [0.4, 0.5) is 17.3 Å². The summed E-state index contributed by atoms with van der Waals surface area (Å²) in [5.41, 5.74) is 0.859. The number of carbonyl (C=O) groups excluding carboxylic acids is 2. The monoisotopic (exact) mass is 330 g/mol. The number of rotatable bonds is 3. The highest BCUT2D eigenvalue weighted by Gasteiger charge is 2.33. The van der Waals surface area contributed by atoms with Gasteiger partial charge in [-0.1, -0.05) is 6.07 Å². The first-order chi connectivity index (χ1) is 11.3. The number of carbonyl (C=O) groups is 2. The fourth-order valence-electron chi connectivity index (χ4n) is 2.45. The molecule has 10 nitrogen and oxygen atoms in total. The molecule has 2 heterocycles. The molecule has 1 aliphatic heterocycles. The Bertz CT molecular complexity index is 859. The van der Waals surface area contributed by atoms with Crippen molar-refractivity contribution in [3.63, 3.8) is 0 Å². The summed E-state index contributed by atoms with van der Waals surface area (Å²) in [4.78, 5) is 38.7. The zero-order valence-electron chi connectivity index (χ0n) is 12.9. The first-order valence-electron chi connectivity index (χ1n) is 7.14. The van der Waals surface area contributed by atoms with Gasteiger partial charge in [-0.15, -0.1) is 0 Å². The largest absolute Gasteiger partial charge is 0.324 e. The molecule has 10 heteroatoms. The Labute approximate surface area is 136 Å². The quantitative estimate of drug-likeness (QED) is 0.644. The van der Waals surface area contributed by atoms with Crippen molar-refractivity contribution < 1.29 is 14.5 Å². The number of benzene rings is 1. The highest BCUT2D eigenvalue weighted by Crippen LogP contribution is 2.26. The lowest BCUT2D eigenvalue weighted by Gasteiger charge is -2.22. The van der Waals surface area contributed by atoms with Crippen molar-refractivity contribution in [2.45, 2.75) is 26.3 Å². The van der Waals surface area contributed by atoms with E-state index < -0.39 is 16.9 Å². The van der Waals surface area contributed by atoms with E-state index in [1.807, 2.05) is 0 Å². The fraction of sp³-hybridized carbons (Fsp3) is 0.286. The molecule has 1 unspecified atom stereocenters. The van der Waals surface area contributed by atoms with Gasteiger partial charge >= 0.3 is 0 Å². The van der Waals surface area contributed by atoms with Crippen molar-refractivity contribution in [3.05, 3.63) is 39.7 Å². The number of nitro groups is 1. The SMILES string of the molecule is Cc1nc2n(n1)C(C(=O)Nc1cc([N+](=O)[O-])ccc1C)CC(=O)N2. The smallest absolute Gasteiger partial charge is 0.271 e. The first-order valence-corrected chi connectivity index (χ1v) is 7.14. The van der Waals surface area contributed by atoms with Crippen LogP contribution in [0.15, 0.2) is 18.2 Å². The van der Waals surface area contributed by atoms with E-state index in [9.17, 15) is 19.7 Å². The minimum absolute atomic E-state index is 0.0877. The molecule has 24 heavy (non-hydrogen) atoms. The van der Waals surface area contributed by atoms with E-state index in [2.05, 4.69) is 20.7 Å². The summed E-state index contributed by atoms with van der Waals surface area (Å²) in [6.45, 7) is 3.37. The lowest BCUT2D eigenvalue weighted by atomic mass is 10.1. The van der Waals surface area contributed by atoms with E-state index in [1.165, 1.54) is 16.8 Å². The van der Waals surface area contributed by atoms with Crippen LogP contribution in [-0.4, -0.2) is 31.5 Å². The number of anilines is 2. The molecule has 0 spiro atoms. The molecule has 0 radical (unpaired) electrons. The molecule has 3 rings (SSSR count). The molecule has 0 aliphatic carbocycles. The predicted molar refractivity (Wildman–Crippen MR) is 83.5 cm³/mol. The topological polar surface area (TPSA) is 132 Å². The Hall–Kier alpha value is -3.30. The number of non-ortho nitro benzene ring substituents is 1. The molecule has 124 valence electrons. The van der Waals surface area contributed by atoms with Crippen LogP contribution >= 0.6 is 0 Å². The predicted octanol–water partition coefficient (Wildman–Crippen LogP) is 1.33. The van der Waals surface area contributed by atoms with Crippen LogP contribution in [0.2, 0.25) is 0 Å². The maximum absolute atomic E-state index is 12.6. The molecule has 0 saturated heterocycles. The second-order valence-corrected chi connectivity index (χ2v) is 5.44. The van der Waals surface area contributed by atoms with Crippen molar-refractivity contribution in [1.82, 2.24) is 14.8 Å². The van der Waals surface area contributed by atoms with E-state index in [0.29, 0.717) is 17.1 Å². The number of nitro benzene ring substituents is 1. The van der Waals surface area contributed by atoms with Gasteiger partial charge in [0.2, 0.25) is 17.8 Å². The van der Waals surface area contributed by atoms with E-state index in [-0.39, 0.29) is 24.0 Å². The number of aromatic nitrogens is 3. The van der Waals surface area contributed by atoms with Gasteiger partial charge in [0.05, 0.1) is 17.0 Å². The van der Waals surface area contributed by atoms with Crippen molar-refractivity contribution in [1.29, 1.82) is 0 Å². The van der Waals surface area contributed by atoms with Gasteiger partial charge in [0.1, 0.15) is 11.9 Å². The number of amides is 2. The third-order valence-electron chi connectivity index (χ3n) is 3.65. The van der Waals surface area contributed by atoms with Gasteiger partial charge in [0, 0.05) is 12.1 Å². The summed E-state index contributed by atoms with van der Waals surface area (Å²) in [6.07, 6.45) is -0.0877. The average molecular weight is 330 g/mol. The van der Waals surface area contributed by atoms with Crippen LogP contribution in [0.3, 0.4) is 0 Å². The van der Waals surface area contributed by atoms with Crippen LogP contribution in [0, 0.1) is 24.0 Å². The minimum atomic E-state index is -0.867. The molecule has 2 N–H and O–H groups in total. The third-order valence-corrected chi connectivity index (χ3v) is 3.65. The summed E-state index contributed by atoms with van der Waals surface area (Å²) in [7, 11) is 0. The third kappa shape index (κ3) is 2.81. The first kappa shape index (κ1) is 15.6. The highest BCUT2D eigenvalue weighted by atomic mass is 16.6. The summed E-state index contributed by atoms with van der Waals surface area (Å²) < 4.78 is 1.35. The Morgan fingerprint density at radius 2 is 2.21 bits per heavy atom. The van der Waals surface area contributed by atoms with E-state index in [4.69, 9.17) is 0 Å². The number of aryl methyl sites for hydroxylation is 2. The Morgan fingerprint density at radius 1 is 1.46 bits per heavy atom. The van der Waals surface area contributed by atoms with Crippen LogP contribution < -0.4 is 10.6 Å². The van der Waals surface area contributed by atoms with Gasteiger partial charge in [0.15, 0.2) is 0 Å². The van der Waals surface area contributed by atoms with Gasteiger partial charge in [-0.05, 0) is 19.4 Å². The molecular weight excluding hydrogens is 316 g/mol. The minimum Gasteiger partial charge on any atom is -0.324 e. The van der Waals surface area contributed by atoms with Crippen molar-refractivity contribution >= 4 is 29.1 Å². The van der Waals surface area contributed by atoms with Gasteiger partial charge < -0.3 is 5.32 Å². The molecule has 0 bridgehead atoms. The van der Waals surface area contributed by atoms with Crippen molar-refractivity contribution in [2.24, 2.45) is 0 Å². The summed E-state index contributed by atoms with van der Waals surface area (Å²) >= 11 is 0. The Balaban J connectivity index is 1.89. The zero-order chi connectivity index (χ0) is 17.4. The molecule has 0 saturated carbocycles. The second-order valence-electron chi connectivity index (χ2n) is 5.44. The molecule has 1 aromatic heterocycles. The number of hydrogen-bond acceptors (Lipinski definition) is 6. The maximum atomic E-state index is 12.6. The Morgan fingerprint density at radius 3 is 2.92 bits per heavy atom. The molecule has 1 atom stereocenters. The van der Waals surface area contributed by atoms with Crippen LogP contribution in [0.25, 0.3) is 0 Å². The van der Waals surface area contributed by atoms with Gasteiger partial charge in [-0.3, -0.25) is 25.0 Å². The Kier molecular flexibility index (Phi) is 3.72. The fourth-order valence-corrected chi connectivity index (χ4v) is 2.45. The standard InChI is InChI=1S/C14H14N6O4/c1-7-3-4-9(20(23)24)5-10(7)16-13(22)11-6-12(21)17-14-15-8(2)18-19(11)14/h3-5,11H,6H2,1-2H3,(H,16,22)(H,15,17,18,21). The molecule has 1 aromatic carbocycles. The second kappa shape index (κ2) is 5.72. The molecule has 0 fully saturated rings. The van der Waals surface area contributed by atoms with Gasteiger partial charge in [0.25, 0.3) is 5.69 Å². The summed E-state index contributed by atoms with van der Waals surface area (Å²) in [5.74, 6) is -0.193. The van der Waals surface area contributed by atoms with Gasteiger partial charge in [-0.2, -0.15) is 10.1 Å². The highest BCUT2D eigenvalue weighted by molar-refractivity contribution is 6.01. The maximum Gasteiger partial charge on any atom is 0.271 e. The van der Waals surface area contributed by atoms with Gasteiger partial charge in [-0.25, -0.2) is 4.68 Å². The van der Waals surface area contributed by atoms with E-state index >= 15 is 0 Å². The average Bonchev–Trinajstić information content (AvgIpc) is 2.88. The van der Waals surface area contributed by atoms with E-state index in [1.54, 1.807) is 19.9 Å².